The molecule has 0 amide bonds. The third kappa shape index (κ3) is 2.10. The molecule has 0 bridgehead atoms. The molecule has 2 aromatic carbocycles. The molecule has 3 nitrogen and oxygen atoms in total. The largest absolute Gasteiger partial charge is 0.507 e. The molecular formula is C16H15BrN2O. The van der Waals surface area contributed by atoms with Crippen molar-refractivity contribution in [3.8, 4) is 17.1 Å². The number of hydrogen-bond acceptors (Lipinski definition) is 2. The van der Waals surface area contributed by atoms with Crippen molar-refractivity contribution >= 4 is 27.0 Å². The number of imidazole rings is 1. The Morgan fingerprint density at radius 1 is 1.20 bits per heavy atom. The first kappa shape index (κ1) is 13.2. The Bertz CT molecular complexity index is 793. The molecule has 0 spiro atoms. The van der Waals surface area contributed by atoms with Gasteiger partial charge in [-0.15, -0.1) is 0 Å². The van der Waals surface area contributed by atoms with E-state index in [0.717, 1.165) is 33.4 Å². The van der Waals surface area contributed by atoms with Crippen molar-refractivity contribution in [2.45, 2.75) is 20.4 Å². The van der Waals surface area contributed by atoms with Crippen molar-refractivity contribution in [3.63, 3.8) is 0 Å². The van der Waals surface area contributed by atoms with Gasteiger partial charge in [0.1, 0.15) is 11.6 Å². The number of rotatable bonds is 2. The smallest absolute Gasteiger partial charge is 0.144 e. The fourth-order valence-corrected chi connectivity index (χ4v) is 2.81. The molecule has 1 aromatic heterocycles. The van der Waals surface area contributed by atoms with E-state index in [-0.39, 0.29) is 5.75 Å². The molecule has 102 valence electrons. The highest BCUT2D eigenvalue weighted by Crippen LogP contribution is 2.33. The second kappa shape index (κ2) is 4.94. The Labute approximate surface area is 126 Å². The highest BCUT2D eigenvalue weighted by Gasteiger charge is 2.15. The van der Waals surface area contributed by atoms with Crippen molar-refractivity contribution in [2.75, 3.05) is 0 Å². The Kier molecular flexibility index (Phi) is 3.26. The lowest BCUT2D eigenvalue weighted by atomic mass is 10.2. The summed E-state index contributed by atoms with van der Waals surface area (Å²) >= 11 is 3.45. The number of aryl methyl sites for hydroxylation is 2. The van der Waals surface area contributed by atoms with Crippen LogP contribution < -0.4 is 0 Å². The first-order chi connectivity index (χ1) is 9.60. The summed E-state index contributed by atoms with van der Waals surface area (Å²) in [5.41, 5.74) is 3.98. The lowest BCUT2D eigenvalue weighted by molar-refractivity contribution is 0.476. The van der Waals surface area contributed by atoms with Crippen LogP contribution in [0.25, 0.3) is 22.4 Å². The Balaban J connectivity index is 2.32. The summed E-state index contributed by atoms with van der Waals surface area (Å²) in [4.78, 5) is 4.70. The molecule has 3 rings (SSSR count). The molecule has 0 fully saturated rings. The second-order valence-corrected chi connectivity index (χ2v) is 5.75. The van der Waals surface area contributed by atoms with Crippen LogP contribution >= 0.6 is 15.9 Å². The molecule has 0 radical (unpaired) electrons. The van der Waals surface area contributed by atoms with Crippen LogP contribution in [-0.4, -0.2) is 14.7 Å². The predicted octanol–water partition coefficient (Wildman–Crippen LogP) is 4.50. The number of aromatic hydroxyl groups is 1. The monoisotopic (exact) mass is 330 g/mol. The van der Waals surface area contributed by atoms with Crippen LogP contribution in [-0.2, 0) is 6.54 Å². The van der Waals surface area contributed by atoms with Crippen LogP contribution in [0.1, 0.15) is 12.5 Å². The summed E-state index contributed by atoms with van der Waals surface area (Å²) in [6, 6.07) is 11.6. The Hall–Kier alpha value is -1.81. The van der Waals surface area contributed by atoms with Crippen molar-refractivity contribution in [1.82, 2.24) is 9.55 Å². The summed E-state index contributed by atoms with van der Waals surface area (Å²) in [5.74, 6) is 1.04. The maximum absolute atomic E-state index is 10.1. The van der Waals surface area contributed by atoms with Crippen LogP contribution in [0.4, 0.5) is 0 Å². The summed E-state index contributed by atoms with van der Waals surface area (Å²) in [5, 5.41) is 10.1. The molecule has 1 N–H and O–H groups in total. The number of fused-ring (bicyclic) bond motifs is 1. The van der Waals surface area contributed by atoms with E-state index in [1.807, 2.05) is 12.1 Å². The van der Waals surface area contributed by atoms with Gasteiger partial charge in [-0.1, -0.05) is 22.0 Å². The van der Waals surface area contributed by atoms with Crippen LogP contribution in [0.3, 0.4) is 0 Å². The average Bonchev–Trinajstić information content (AvgIpc) is 2.78. The van der Waals surface area contributed by atoms with E-state index in [1.165, 1.54) is 5.56 Å². The standard InChI is InChI=1S/C16H15BrN2O/c1-3-19-14-6-4-10(2)8-13(14)18-16(19)12-9-11(17)5-7-15(12)20/h4-9,20H,3H2,1-2H3. The summed E-state index contributed by atoms with van der Waals surface area (Å²) in [6.45, 7) is 4.95. The van der Waals surface area contributed by atoms with Crippen LogP contribution in [0.15, 0.2) is 40.9 Å². The van der Waals surface area contributed by atoms with Crippen LogP contribution in [0.2, 0.25) is 0 Å². The molecule has 0 unspecified atom stereocenters. The predicted molar refractivity (Wildman–Crippen MR) is 84.9 cm³/mol. The molecular weight excluding hydrogens is 316 g/mol. The summed E-state index contributed by atoms with van der Waals surface area (Å²) in [6.07, 6.45) is 0. The number of phenols is 1. The van der Waals surface area contributed by atoms with Crippen molar-refractivity contribution in [1.29, 1.82) is 0 Å². The zero-order valence-electron chi connectivity index (χ0n) is 11.4. The average molecular weight is 331 g/mol. The van der Waals surface area contributed by atoms with Crippen molar-refractivity contribution in [2.24, 2.45) is 0 Å². The number of halogens is 1. The zero-order valence-corrected chi connectivity index (χ0v) is 13.0. The molecule has 0 aliphatic rings. The molecule has 1 heterocycles. The lowest BCUT2D eigenvalue weighted by Gasteiger charge is -2.08. The van der Waals surface area contributed by atoms with Gasteiger partial charge >= 0.3 is 0 Å². The molecule has 3 aromatic rings. The van der Waals surface area contributed by atoms with Gasteiger partial charge in [0.25, 0.3) is 0 Å². The minimum absolute atomic E-state index is 0.245. The quantitative estimate of drug-likeness (QED) is 0.751. The third-order valence-corrected chi connectivity index (χ3v) is 3.91. The first-order valence-electron chi connectivity index (χ1n) is 6.56. The summed E-state index contributed by atoms with van der Waals surface area (Å²) in [7, 11) is 0. The van der Waals surface area contributed by atoms with Crippen LogP contribution in [0, 0.1) is 6.92 Å². The molecule has 0 atom stereocenters. The number of aromatic nitrogens is 2. The molecule has 0 saturated heterocycles. The van der Waals surface area contributed by atoms with E-state index in [4.69, 9.17) is 4.98 Å². The Morgan fingerprint density at radius 2 is 2.00 bits per heavy atom. The molecule has 0 saturated carbocycles. The van der Waals surface area contributed by atoms with Crippen molar-refractivity contribution < 1.29 is 5.11 Å². The van der Waals surface area contributed by atoms with Gasteiger partial charge in [0.15, 0.2) is 0 Å². The fraction of sp³-hybridized carbons (Fsp3) is 0.188. The first-order valence-corrected chi connectivity index (χ1v) is 7.35. The maximum Gasteiger partial charge on any atom is 0.144 e. The van der Waals surface area contributed by atoms with E-state index in [1.54, 1.807) is 6.07 Å². The van der Waals surface area contributed by atoms with E-state index in [9.17, 15) is 5.11 Å². The summed E-state index contributed by atoms with van der Waals surface area (Å²) < 4.78 is 3.05. The van der Waals surface area contributed by atoms with Gasteiger partial charge < -0.3 is 9.67 Å². The highest BCUT2D eigenvalue weighted by molar-refractivity contribution is 9.10. The van der Waals surface area contributed by atoms with E-state index in [0.29, 0.717) is 0 Å². The lowest BCUT2D eigenvalue weighted by Crippen LogP contribution is -1.97. The topological polar surface area (TPSA) is 38.0 Å². The van der Waals surface area contributed by atoms with E-state index in [2.05, 4.69) is 52.5 Å². The number of hydrogen-bond donors (Lipinski definition) is 1. The van der Waals surface area contributed by atoms with Gasteiger partial charge in [-0.2, -0.15) is 0 Å². The second-order valence-electron chi connectivity index (χ2n) is 4.83. The number of nitrogens with zero attached hydrogens (tertiary/aromatic N) is 2. The zero-order chi connectivity index (χ0) is 14.3. The molecule has 0 aliphatic heterocycles. The van der Waals surface area contributed by atoms with Gasteiger partial charge in [-0.3, -0.25) is 0 Å². The van der Waals surface area contributed by atoms with E-state index < -0.39 is 0 Å². The third-order valence-electron chi connectivity index (χ3n) is 3.42. The van der Waals surface area contributed by atoms with Crippen molar-refractivity contribution in [3.05, 3.63) is 46.4 Å². The molecule has 4 heteroatoms. The SMILES string of the molecule is CCn1c(-c2cc(Br)ccc2O)nc2cc(C)ccc21. The van der Waals surface area contributed by atoms with Gasteiger partial charge in [-0.25, -0.2) is 4.98 Å². The van der Waals surface area contributed by atoms with Gasteiger partial charge in [0, 0.05) is 11.0 Å². The van der Waals surface area contributed by atoms with Gasteiger partial charge in [-0.05, 0) is 49.7 Å². The number of benzene rings is 2. The van der Waals surface area contributed by atoms with Gasteiger partial charge in [0.05, 0.1) is 16.6 Å². The van der Waals surface area contributed by atoms with E-state index >= 15 is 0 Å². The van der Waals surface area contributed by atoms with Crippen LogP contribution in [0.5, 0.6) is 5.75 Å². The molecule has 0 aliphatic carbocycles. The Morgan fingerprint density at radius 3 is 2.75 bits per heavy atom. The fourth-order valence-electron chi connectivity index (χ4n) is 2.45. The molecule has 20 heavy (non-hydrogen) atoms. The minimum Gasteiger partial charge on any atom is -0.507 e. The highest BCUT2D eigenvalue weighted by atomic mass is 79.9. The minimum atomic E-state index is 0.245. The normalized spacial score (nSPS) is 11.2. The maximum atomic E-state index is 10.1. The number of phenolic OH excluding ortho intramolecular Hbond substituents is 1. The van der Waals surface area contributed by atoms with Gasteiger partial charge in [0.2, 0.25) is 0 Å².